The van der Waals surface area contributed by atoms with Crippen LogP contribution in [0.1, 0.15) is 29.7 Å². The summed E-state index contributed by atoms with van der Waals surface area (Å²) >= 11 is 0. The number of rotatable bonds is 7. The lowest BCUT2D eigenvalue weighted by molar-refractivity contribution is -0.420. The van der Waals surface area contributed by atoms with Crippen molar-refractivity contribution in [2.45, 2.75) is 24.7 Å². The molecule has 0 radical (unpaired) electrons. The van der Waals surface area contributed by atoms with Crippen molar-refractivity contribution in [3.63, 3.8) is 0 Å². The zero-order valence-corrected chi connectivity index (χ0v) is 18.0. The van der Waals surface area contributed by atoms with E-state index in [0.717, 1.165) is 5.75 Å². The number of aliphatic carboxylic acids is 1. The van der Waals surface area contributed by atoms with Gasteiger partial charge in [-0.3, -0.25) is 0 Å². The van der Waals surface area contributed by atoms with E-state index in [9.17, 15) is 15.0 Å². The number of carbonyl (C=O) groups excluding carboxylic acids is 1. The van der Waals surface area contributed by atoms with Gasteiger partial charge in [0.25, 0.3) is 0 Å². The highest BCUT2D eigenvalue weighted by Crippen LogP contribution is 2.36. The number of carboxylic acids is 1. The molecule has 0 aliphatic rings. The van der Waals surface area contributed by atoms with Gasteiger partial charge in [-0.25, -0.2) is 0 Å². The van der Waals surface area contributed by atoms with Crippen molar-refractivity contribution < 1.29 is 30.2 Å². The topological polar surface area (TPSA) is 106 Å². The van der Waals surface area contributed by atoms with Crippen LogP contribution in [-0.2, 0) is 15.1 Å². The molecule has 2 atom stereocenters. The first-order chi connectivity index (χ1) is 14.9. The van der Waals surface area contributed by atoms with Crippen molar-refractivity contribution in [3.05, 3.63) is 102 Å². The van der Waals surface area contributed by atoms with Gasteiger partial charge in [0.1, 0.15) is 23.5 Å². The van der Waals surface area contributed by atoms with Gasteiger partial charge in [-0.15, -0.1) is 0 Å². The number of carbonyl (C=O) groups is 1. The highest BCUT2D eigenvalue weighted by atomic mass is 16.5. The number of methoxy groups -OCH3 is 2. The van der Waals surface area contributed by atoms with Gasteiger partial charge in [0, 0.05) is 12.7 Å². The Labute approximate surface area is 182 Å². The van der Waals surface area contributed by atoms with Gasteiger partial charge < -0.3 is 30.2 Å². The summed E-state index contributed by atoms with van der Waals surface area (Å²) in [5.41, 5.74) is 4.74. The fraction of sp³-hybridized carbons (Fsp3) is 0.240. The molecule has 0 heterocycles. The molecule has 0 amide bonds. The van der Waals surface area contributed by atoms with Crippen LogP contribution in [0, 0.1) is 0 Å². The Morgan fingerprint density at radius 3 is 1.84 bits per heavy atom. The molecule has 0 saturated heterocycles. The Kier molecular flexibility index (Phi) is 8.75. The molecule has 0 fully saturated rings. The molecule has 6 heteroatoms. The van der Waals surface area contributed by atoms with Crippen LogP contribution in [0.4, 0.5) is 0 Å². The quantitative estimate of drug-likeness (QED) is 0.601. The third-order valence-corrected chi connectivity index (χ3v) is 5.00. The molecule has 0 unspecified atom stereocenters. The molecule has 6 nitrogen and oxygen atoms in total. The van der Waals surface area contributed by atoms with Gasteiger partial charge in [0.05, 0.1) is 13.1 Å². The molecule has 3 rings (SSSR count). The summed E-state index contributed by atoms with van der Waals surface area (Å²) in [6.07, 6.45) is -1.82. The fourth-order valence-corrected chi connectivity index (χ4v) is 3.32. The van der Waals surface area contributed by atoms with E-state index in [2.05, 4.69) is 18.7 Å². The van der Waals surface area contributed by atoms with Gasteiger partial charge in [-0.05, 0) is 30.2 Å². The first-order valence-corrected chi connectivity index (χ1v) is 9.89. The number of aliphatic hydroxyl groups excluding tert-OH is 1. The maximum absolute atomic E-state index is 11.2. The van der Waals surface area contributed by atoms with Crippen LogP contribution in [0.25, 0.3) is 0 Å². The number of hydrogen-bond donors (Lipinski definition) is 2. The summed E-state index contributed by atoms with van der Waals surface area (Å²) in [6.45, 7) is 2.06. The van der Waals surface area contributed by atoms with Crippen molar-refractivity contribution in [1.29, 1.82) is 0 Å². The molecule has 0 aliphatic heterocycles. The molecular formula is C25H29NO5. The van der Waals surface area contributed by atoms with Crippen molar-refractivity contribution in [3.8, 4) is 5.75 Å². The molecule has 4 N–H and O–H groups in total. The summed E-state index contributed by atoms with van der Waals surface area (Å²) in [7, 11) is 3.04. The molecule has 164 valence electrons. The lowest BCUT2D eigenvalue weighted by atomic mass is 9.81. The van der Waals surface area contributed by atoms with Gasteiger partial charge >= 0.3 is 0 Å². The summed E-state index contributed by atoms with van der Waals surface area (Å²) in [4.78, 5) is 11.2. The van der Waals surface area contributed by atoms with Crippen LogP contribution in [0.2, 0.25) is 0 Å². The molecule has 0 bridgehead atoms. The Hall–Kier alpha value is -3.19. The highest BCUT2D eigenvalue weighted by molar-refractivity contribution is 5.73. The highest BCUT2D eigenvalue weighted by Gasteiger charge is 2.42. The fourth-order valence-electron chi connectivity index (χ4n) is 3.32. The van der Waals surface area contributed by atoms with Crippen molar-refractivity contribution in [2.75, 3.05) is 14.2 Å². The van der Waals surface area contributed by atoms with E-state index in [0.29, 0.717) is 17.2 Å². The van der Waals surface area contributed by atoms with Crippen LogP contribution < -0.4 is 15.6 Å². The number of hydrogen-bond acceptors (Lipinski definition) is 5. The SMILES string of the molecule is COC(c1ccccc1)(c1ccccc1)[C@H](O)C(=O)[O-].COc1cccc([C@H](C)[NH3+])c1. The summed E-state index contributed by atoms with van der Waals surface area (Å²) in [5, 5.41) is 21.4. The molecule has 3 aromatic carbocycles. The summed E-state index contributed by atoms with van der Waals surface area (Å²) < 4.78 is 10.5. The molecule has 0 aliphatic carbocycles. The van der Waals surface area contributed by atoms with E-state index in [-0.39, 0.29) is 0 Å². The lowest BCUT2D eigenvalue weighted by Crippen LogP contribution is -2.52. The van der Waals surface area contributed by atoms with E-state index < -0.39 is 17.7 Å². The predicted octanol–water partition coefficient (Wildman–Crippen LogP) is 1.69. The molecule has 0 aromatic heterocycles. The predicted molar refractivity (Wildman–Crippen MR) is 116 cm³/mol. The summed E-state index contributed by atoms with van der Waals surface area (Å²) in [5.74, 6) is -0.683. The average molecular weight is 424 g/mol. The number of ether oxygens (including phenoxy) is 2. The van der Waals surface area contributed by atoms with Crippen LogP contribution in [0.3, 0.4) is 0 Å². The first-order valence-electron chi connectivity index (χ1n) is 9.89. The third kappa shape index (κ3) is 5.70. The van der Waals surface area contributed by atoms with Gasteiger partial charge in [-0.1, -0.05) is 72.8 Å². The molecular weight excluding hydrogens is 394 g/mol. The minimum atomic E-state index is -1.82. The number of quaternary nitrogens is 1. The largest absolute Gasteiger partial charge is 0.547 e. The minimum absolute atomic E-state index is 0.324. The maximum Gasteiger partial charge on any atom is 0.149 e. The van der Waals surface area contributed by atoms with E-state index in [4.69, 9.17) is 9.47 Å². The van der Waals surface area contributed by atoms with Crippen LogP contribution in [-0.4, -0.2) is 31.4 Å². The zero-order valence-electron chi connectivity index (χ0n) is 18.0. The summed E-state index contributed by atoms with van der Waals surface area (Å²) in [6, 6.07) is 25.8. The third-order valence-electron chi connectivity index (χ3n) is 5.00. The zero-order chi connectivity index (χ0) is 22.9. The second-order valence-corrected chi connectivity index (χ2v) is 7.07. The second-order valence-electron chi connectivity index (χ2n) is 7.07. The van der Waals surface area contributed by atoms with E-state index in [1.165, 1.54) is 12.7 Å². The number of aliphatic hydroxyl groups is 1. The smallest absolute Gasteiger partial charge is 0.149 e. The van der Waals surface area contributed by atoms with Gasteiger partial charge in [0.15, 0.2) is 0 Å². The Balaban J connectivity index is 0.000000262. The minimum Gasteiger partial charge on any atom is -0.547 e. The second kappa shape index (κ2) is 11.3. The van der Waals surface area contributed by atoms with Crippen molar-refractivity contribution >= 4 is 5.97 Å². The normalized spacial score (nSPS) is 12.8. The maximum atomic E-state index is 11.2. The Morgan fingerprint density at radius 2 is 1.45 bits per heavy atom. The first kappa shape index (κ1) is 24.1. The van der Waals surface area contributed by atoms with E-state index >= 15 is 0 Å². The standard InChI is InChI=1S/C16H16O4.C9H13NO/c1-20-16(14(17)15(18)19,12-8-4-2-5-9-12)13-10-6-3-7-11-13;1-7(10)8-4-3-5-9(6-8)11-2/h2-11,14,17H,1H3,(H,18,19);3-7H,10H2,1-2H3/t14-;7-/m10/s1. The molecule has 0 spiro atoms. The molecule has 0 saturated carbocycles. The van der Waals surface area contributed by atoms with Crippen molar-refractivity contribution in [2.24, 2.45) is 0 Å². The van der Waals surface area contributed by atoms with Gasteiger partial charge in [-0.2, -0.15) is 0 Å². The number of carboxylic acid groups (broad SMARTS) is 1. The number of benzene rings is 3. The van der Waals surface area contributed by atoms with E-state index in [1.54, 1.807) is 67.8 Å². The average Bonchev–Trinajstić information content (AvgIpc) is 2.81. The Bertz CT molecular complexity index is 905. The van der Waals surface area contributed by atoms with Crippen LogP contribution >= 0.6 is 0 Å². The van der Waals surface area contributed by atoms with Crippen LogP contribution in [0.15, 0.2) is 84.9 Å². The van der Waals surface area contributed by atoms with Gasteiger partial charge in [0.2, 0.25) is 0 Å². The van der Waals surface area contributed by atoms with Crippen LogP contribution in [0.5, 0.6) is 5.75 Å². The van der Waals surface area contributed by atoms with E-state index in [1.807, 2.05) is 18.2 Å². The molecule has 3 aromatic rings. The lowest BCUT2D eigenvalue weighted by Gasteiger charge is -2.38. The Morgan fingerprint density at radius 1 is 0.935 bits per heavy atom. The monoisotopic (exact) mass is 423 g/mol. The molecule has 31 heavy (non-hydrogen) atoms. The van der Waals surface area contributed by atoms with Crippen molar-refractivity contribution in [1.82, 2.24) is 0 Å².